The van der Waals surface area contributed by atoms with Crippen molar-refractivity contribution in [2.75, 3.05) is 13.4 Å². The summed E-state index contributed by atoms with van der Waals surface area (Å²) in [6.45, 7) is 6.82. The number of hydrogen-bond acceptors (Lipinski definition) is 3. The summed E-state index contributed by atoms with van der Waals surface area (Å²) < 4.78 is 10.4. The number of rotatable bonds is 6. The van der Waals surface area contributed by atoms with Crippen LogP contribution in [0.2, 0.25) is 0 Å². The van der Waals surface area contributed by atoms with Crippen LogP contribution in [0.3, 0.4) is 0 Å². The van der Waals surface area contributed by atoms with Crippen LogP contribution in [0.15, 0.2) is 0 Å². The van der Waals surface area contributed by atoms with Crippen molar-refractivity contribution in [3.63, 3.8) is 0 Å². The molecule has 0 aromatic heterocycles. The van der Waals surface area contributed by atoms with Crippen LogP contribution in [-0.2, 0) is 14.3 Å². The lowest BCUT2D eigenvalue weighted by Gasteiger charge is -2.18. The highest BCUT2D eigenvalue weighted by molar-refractivity contribution is 5.48. The Morgan fingerprint density at radius 3 is 2.50 bits per heavy atom. The van der Waals surface area contributed by atoms with E-state index < -0.39 is 0 Å². The van der Waals surface area contributed by atoms with Gasteiger partial charge in [-0.15, -0.1) is 0 Å². The average molecular weight is 174 g/mol. The summed E-state index contributed by atoms with van der Waals surface area (Å²) in [5.41, 5.74) is -0.148. The zero-order valence-corrected chi connectivity index (χ0v) is 8.13. The van der Waals surface area contributed by atoms with Crippen LogP contribution in [0, 0.1) is 0 Å². The Morgan fingerprint density at radius 1 is 1.33 bits per heavy atom. The molecule has 0 unspecified atom stereocenters. The van der Waals surface area contributed by atoms with Crippen LogP contribution < -0.4 is 0 Å². The maximum absolute atomic E-state index is 9.91. The second-order valence-corrected chi connectivity index (χ2v) is 3.59. The van der Waals surface area contributed by atoms with Gasteiger partial charge in [-0.3, -0.25) is 0 Å². The minimum Gasteiger partial charge on any atom is -0.355 e. The third kappa shape index (κ3) is 9.59. The fraction of sp³-hybridized carbons (Fsp3) is 0.889. The average Bonchev–Trinajstić information content (AvgIpc) is 1.94. The fourth-order valence-corrected chi connectivity index (χ4v) is 0.546. The molecule has 0 aliphatic carbocycles. The lowest BCUT2D eigenvalue weighted by atomic mass is 10.2. The SMILES string of the molecule is CC(C)(C)OCOCCCC=O. The fourth-order valence-electron chi connectivity index (χ4n) is 0.546. The Morgan fingerprint density at radius 2 is 2.00 bits per heavy atom. The van der Waals surface area contributed by atoms with Crippen LogP contribution >= 0.6 is 0 Å². The third-order valence-electron chi connectivity index (χ3n) is 1.19. The van der Waals surface area contributed by atoms with Crippen LogP contribution in [0.1, 0.15) is 33.6 Å². The summed E-state index contributed by atoms with van der Waals surface area (Å²) in [7, 11) is 0. The smallest absolute Gasteiger partial charge is 0.147 e. The molecule has 0 aliphatic rings. The minimum absolute atomic E-state index is 0.148. The van der Waals surface area contributed by atoms with Crippen LogP contribution in [0.4, 0.5) is 0 Å². The summed E-state index contributed by atoms with van der Waals surface area (Å²) in [6.07, 6.45) is 2.24. The first-order chi connectivity index (χ1) is 5.56. The van der Waals surface area contributed by atoms with E-state index in [1.807, 2.05) is 20.8 Å². The van der Waals surface area contributed by atoms with E-state index in [-0.39, 0.29) is 5.60 Å². The molecule has 3 heteroatoms. The van der Waals surface area contributed by atoms with Gasteiger partial charge in [0.15, 0.2) is 0 Å². The van der Waals surface area contributed by atoms with E-state index >= 15 is 0 Å². The van der Waals surface area contributed by atoms with Gasteiger partial charge < -0.3 is 14.3 Å². The molecule has 0 amide bonds. The third-order valence-corrected chi connectivity index (χ3v) is 1.19. The Balaban J connectivity index is 3.06. The number of carbonyl (C=O) groups is 1. The molecule has 0 heterocycles. The van der Waals surface area contributed by atoms with Crippen molar-refractivity contribution < 1.29 is 14.3 Å². The largest absolute Gasteiger partial charge is 0.355 e. The normalized spacial score (nSPS) is 11.6. The number of aldehydes is 1. The molecule has 0 aromatic rings. The van der Waals surface area contributed by atoms with E-state index in [9.17, 15) is 4.79 Å². The molecule has 0 spiro atoms. The van der Waals surface area contributed by atoms with Gasteiger partial charge in [0.05, 0.1) is 5.60 Å². The summed E-state index contributed by atoms with van der Waals surface area (Å²) >= 11 is 0. The molecule has 0 atom stereocenters. The molecule has 0 radical (unpaired) electrons. The lowest BCUT2D eigenvalue weighted by Crippen LogP contribution is -2.21. The van der Waals surface area contributed by atoms with Gasteiger partial charge in [0.1, 0.15) is 13.1 Å². The predicted molar refractivity (Wildman–Crippen MR) is 47.0 cm³/mol. The van der Waals surface area contributed by atoms with E-state index in [0.29, 0.717) is 19.8 Å². The lowest BCUT2D eigenvalue weighted by molar-refractivity contribution is -0.122. The van der Waals surface area contributed by atoms with Crippen molar-refractivity contribution in [1.82, 2.24) is 0 Å². The van der Waals surface area contributed by atoms with Crippen LogP contribution in [0.5, 0.6) is 0 Å². The number of ether oxygens (including phenoxy) is 2. The van der Waals surface area contributed by atoms with Crippen molar-refractivity contribution in [2.45, 2.75) is 39.2 Å². The zero-order chi connectivity index (χ0) is 9.45. The first-order valence-corrected chi connectivity index (χ1v) is 4.21. The Labute approximate surface area is 74.0 Å². The van der Waals surface area contributed by atoms with Gasteiger partial charge in [-0.25, -0.2) is 0 Å². The summed E-state index contributed by atoms with van der Waals surface area (Å²) in [5, 5.41) is 0. The Hall–Kier alpha value is -0.410. The van der Waals surface area contributed by atoms with Gasteiger partial charge in [0.25, 0.3) is 0 Å². The molecule has 0 fully saturated rings. The molecule has 0 saturated carbocycles. The van der Waals surface area contributed by atoms with Crippen molar-refractivity contribution in [3.8, 4) is 0 Å². The number of hydrogen-bond donors (Lipinski definition) is 0. The van der Waals surface area contributed by atoms with Gasteiger partial charge >= 0.3 is 0 Å². The molecular formula is C9H18O3. The standard InChI is InChI=1S/C9H18O3/c1-9(2,3)12-8-11-7-5-4-6-10/h6H,4-5,7-8H2,1-3H3. The van der Waals surface area contributed by atoms with Gasteiger partial charge in [0.2, 0.25) is 0 Å². The highest BCUT2D eigenvalue weighted by Crippen LogP contribution is 2.05. The highest BCUT2D eigenvalue weighted by Gasteiger charge is 2.08. The number of unbranched alkanes of at least 4 members (excludes halogenated alkanes) is 1. The van der Waals surface area contributed by atoms with E-state index in [1.165, 1.54) is 0 Å². The minimum atomic E-state index is -0.148. The maximum Gasteiger partial charge on any atom is 0.147 e. The van der Waals surface area contributed by atoms with Crippen LogP contribution in [0.25, 0.3) is 0 Å². The van der Waals surface area contributed by atoms with Gasteiger partial charge in [0, 0.05) is 13.0 Å². The van der Waals surface area contributed by atoms with Crippen molar-refractivity contribution in [1.29, 1.82) is 0 Å². The number of carbonyl (C=O) groups excluding carboxylic acids is 1. The predicted octanol–water partition coefficient (Wildman–Crippen LogP) is 1.75. The first kappa shape index (κ1) is 11.6. The molecule has 0 bridgehead atoms. The topological polar surface area (TPSA) is 35.5 Å². The van der Waals surface area contributed by atoms with E-state index in [1.54, 1.807) is 0 Å². The molecule has 0 N–H and O–H groups in total. The monoisotopic (exact) mass is 174 g/mol. The zero-order valence-electron chi connectivity index (χ0n) is 8.13. The van der Waals surface area contributed by atoms with E-state index in [4.69, 9.17) is 9.47 Å². The Kier molecular flexibility index (Phi) is 5.93. The second kappa shape index (κ2) is 6.14. The summed E-state index contributed by atoms with van der Waals surface area (Å²) in [4.78, 5) is 9.91. The summed E-state index contributed by atoms with van der Waals surface area (Å²) in [5.74, 6) is 0. The molecule has 0 aromatic carbocycles. The van der Waals surface area contributed by atoms with Gasteiger partial charge in [-0.2, -0.15) is 0 Å². The van der Waals surface area contributed by atoms with E-state index in [0.717, 1.165) is 12.7 Å². The highest BCUT2D eigenvalue weighted by atomic mass is 16.7. The maximum atomic E-state index is 9.91. The van der Waals surface area contributed by atoms with E-state index in [2.05, 4.69) is 0 Å². The first-order valence-electron chi connectivity index (χ1n) is 4.21. The van der Waals surface area contributed by atoms with Crippen molar-refractivity contribution in [2.24, 2.45) is 0 Å². The molecule has 72 valence electrons. The molecule has 0 aliphatic heterocycles. The Bertz CT molecular complexity index is 115. The van der Waals surface area contributed by atoms with Crippen molar-refractivity contribution >= 4 is 6.29 Å². The molecule has 0 rings (SSSR count). The molecular weight excluding hydrogens is 156 g/mol. The second-order valence-electron chi connectivity index (χ2n) is 3.59. The van der Waals surface area contributed by atoms with Gasteiger partial charge in [-0.05, 0) is 27.2 Å². The molecule has 12 heavy (non-hydrogen) atoms. The van der Waals surface area contributed by atoms with Gasteiger partial charge in [-0.1, -0.05) is 0 Å². The quantitative estimate of drug-likeness (QED) is 0.349. The molecule has 3 nitrogen and oxygen atoms in total. The van der Waals surface area contributed by atoms with Crippen molar-refractivity contribution in [3.05, 3.63) is 0 Å². The molecule has 0 saturated heterocycles. The summed E-state index contributed by atoms with van der Waals surface area (Å²) in [6, 6.07) is 0. The van der Waals surface area contributed by atoms with Crippen LogP contribution in [-0.4, -0.2) is 25.3 Å².